The van der Waals surface area contributed by atoms with Gasteiger partial charge in [-0.25, -0.2) is 14.2 Å². The van der Waals surface area contributed by atoms with Crippen molar-refractivity contribution in [3.05, 3.63) is 34.7 Å². The number of para-hydroxylation sites is 2. The Morgan fingerprint density at radius 2 is 1.79 bits per heavy atom. The summed E-state index contributed by atoms with van der Waals surface area (Å²) < 4.78 is 8.45. The van der Waals surface area contributed by atoms with Crippen molar-refractivity contribution in [2.75, 3.05) is 32.8 Å². The fourth-order valence-electron chi connectivity index (χ4n) is 4.70. The number of benzene rings is 1. The van der Waals surface area contributed by atoms with E-state index >= 15 is 0 Å². The molecule has 4 rings (SSSR count). The summed E-state index contributed by atoms with van der Waals surface area (Å²) in [5, 5.41) is 3.10. The maximum Gasteiger partial charge on any atom is 0.337 e. The van der Waals surface area contributed by atoms with Gasteiger partial charge in [0.05, 0.1) is 24.2 Å². The van der Waals surface area contributed by atoms with E-state index in [0.717, 1.165) is 51.2 Å². The smallest absolute Gasteiger partial charge is 0.337 e. The third-order valence-electron chi connectivity index (χ3n) is 6.49. The van der Waals surface area contributed by atoms with E-state index in [1.54, 1.807) is 4.57 Å². The van der Waals surface area contributed by atoms with Crippen molar-refractivity contribution in [3.63, 3.8) is 0 Å². The molecule has 7 heteroatoms. The van der Waals surface area contributed by atoms with Gasteiger partial charge in [0.1, 0.15) is 0 Å². The fraction of sp³-hybridized carbons (Fsp3) is 0.636. The lowest BCUT2D eigenvalue weighted by molar-refractivity contribution is 0.0364. The highest BCUT2D eigenvalue weighted by Crippen LogP contribution is 2.26. The zero-order valence-corrected chi connectivity index (χ0v) is 17.3. The second-order valence-electron chi connectivity index (χ2n) is 8.35. The van der Waals surface area contributed by atoms with E-state index < -0.39 is 0 Å². The molecule has 1 aliphatic carbocycles. The molecule has 158 valence electrons. The van der Waals surface area contributed by atoms with Crippen LogP contribution in [0, 0.1) is 5.92 Å². The lowest BCUT2D eigenvalue weighted by Gasteiger charge is -2.28. The molecule has 2 fully saturated rings. The molecule has 2 aromatic rings. The van der Waals surface area contributed by atoms with E-state index in [9.17, 15) is 9.59 Å². The largest absolute Gasteiger partial charge is 0.379 e. The molecule has 2 heterocycles. The molecule has 1 saturated carbocycles. The zero-order valence-electron chi connectivity index (χ0n) is 17.3. The number of carbonyl (C=O) groups is 1. The van der Waals surface area contributed by atoms with Crippen molar-refractivity contribution >= 4 is 17.1 Å². The van der Waals surface area contributed by atoms with Crippen LogP contribution in [0.4, 0.5) is 4.79 Å². The lowest BCUT2D eigenvalue weighted by atomic mass is 9.85. The number of fused-ring (bicyclic) bond motifs is 1. The van der Waals surface area contributed by atoms with Gasteiger partial charge in [-0.05, 0) is 37.8 Å². The topological polar surface area (TPSA) is 68.5 Å². The molecule has 0 spiro atoms. The van der Waals surface area contributed by atoms with Crippen molar-refractivity contribution in [1.82, 2.24) is 19.4 Å². The molecule has 1 atom stereocenters. The summed E-state index contributed by atoms with van der Waals surface area (Å²) in [5.41, 5.74) is 1.23. The van der Waals surface area contributed by atoms with Crippen LogP contribution >= 0.6 is 0 Å². The fourth-order valence-corrected chi connectivity index (χ4v) is 4.70. The molecule has 7 nitrogen and oxygen atoms in total. The molecule has 1 aromatic heterocycles. The first-order valence-corrected chi connectivity index (χ1v) is 11.0. The Kier molecular flexibility index (Phi) is 6.35. The molecule has 1 aromatic carbocycles. The number of ether oxygens (including phenoxy) is 1. The number of rotatable bonds is 5. The quantitative estimate of drug-likeness (QED) is 0.838. The highest BCUT2D eigenvalue weighted by molar-refractivity contribution is 5.89. The summed E-state index contributed by atoms with van der Waals surface area (Å²) in [4.78, 5) is 28.5. The van der Waals surface area contributed by atoms with Gasteiger partial charge < -0.3 is 10.1 Å². The van der Waals surface area contributed by atoms with Gasteiger partial charge in [0.25, 0.3) is 0 Å². The third kappa shape index (κ3) is 4.41. The van der Waals surface area contributed by atoms with Crippen LogP contribution in [0.25, 0.3) is 11.0 Å². The molecule has 1 aliphatic heterocycles. The van der Waals surface area contributed by atoms with Crippen LogP contribution in [0.5, 0.6) is 0 Å². The molecule has 29 heavy (non-hydrogen) atoms. The number of imidazole rings is 1. The van der Waals surface area contributed by atoms with Gasteiger partial charge >= 0.3 is 11.7 Å². The lowest BCUT2D eigenvalue weighted by Crippen LogP contribution is -2.45. The van der Waals surface area contributed by atoms with Crippen LogP contribution in [0.2, 0.25) is 0 Å². The van der Waals surface area contributed by atoms with Gasteiger partial charge in [-0.15, -0.1) is 0 Å². The second kappa shape index (κ2) is 9.13. The molecular weight excluding hydrogens is 368 g/mol. The minimum absolute atomic E-state index is 0.0742. The maximum atomic E-state index is 13.2. The Morgan fingerprint density at radius 3 is 2.52 bits per heavy atom. The summed E-state index contributed by atoms with van der Waals surface area (Å²) in [6, 6.07) is 7.33. The zero-order chi connectivity index (χ0) is 20.2. The molecule has 0 radical (unpaired) electrons. The molecule has 1 N–H and O–H groups in total. The van der Waals surface area contributed by atoms with E-state index in [2.05, 4.69) is 17.1 Å². The highest BCUT2D eigenvalue weighted by atomic mass is 16.5. The van der Waals surface area contributed by atoms with Crippen LogP contribution in [-0.2, 0) is 11.3 Å². The average Bonchev–Trinajstić information content (AvgIpc) is 3.04. The standard InChI is InChI=1S/C22H32N4O3/c1-17(18-7-3-2-4-8-18)23-21(27)26-20-10-6-5-9-19(20)25(22(26)28)12-11-24-13-15-29-16-14-24/h5-6,9-10,17-18H,2-4,7-8,11-16H2,1H3,(H,23,27)/t17-/m1/s1. The molecular formula is C22H32N4O3. The van der Waals surface area contributed by atoms with Crippen molar-refractivity contribution in [1.29, 1.82) is 0 Å². The number of aromatic nitrogens is 2. The van der Waals surface area contributed by atoms with Gasteiger partial charge in [0.15, 0.2) is 0 Å². The Labute approximate surface area is 171 Å². The first kappa shape index (κ1) is 20.2. The Bertz CT molecular complexity index is 891. The van der Waals surface area contributed by atoms with E-state index in [-0.39, 0.29) is 17.8 Å². The minimum Gasteiger partial charge on any atom is -0.379 e. The van der Waals surface area contributed by atoms with E-state index in [1.807, 2.05) is 24.3 Å². The van der Waals surface area contributed by atoms with Gasteiger partial charge in [-0.3, -0.25) is 9.47 Å². The van der Waals surface area contributed by atoms with Crippen LogP contribution in [0.3, 0.4) is 0 Å². The molecule has 1 saturated heterocycles. The first-order valence-electron chi connectivity index (χ1n) is 11.0. The Balaban J connectivity index is 1.54. The molecule has 2 aliphatic rings. The van der Waals surface area contributed by atoms with E-state index in [1.165, 1.54) is 23.8 Å². The number of nitrogens with one attached hydrogen (secondary N) is 1. The summed E-state index contributed by atoms with van der Waals surface area (Å²) in [6.07, 6.45) is 6.04. The minimum atomic E-state index is -0.311. The van der Waals surface area contributed by atoms with E-state index in [0.29, 0.717) is 18.0 Å². The normalized spacial score (nSPS) is 20.0. The number of hydrogen-bond donors (Lipinski definition) is 1. The molecule has 0 unspecified atom stereocenters. The average molecular weight is 401 g/mol. The van der Waals surface area contributed by atoms with Crippen molar-refractivity contribution in [2.24, 2.45) is 5.92 Å². The van der Waals surface area contributed by atoms with Crippen LogP contribution < -0.4 is 11.0 Å². The van der Waals surface area contributed by atoms with Crippen LogP contribution in [-0.4, -0.2) is 59.0 Å². The van der Waals surface area contributed by atoms with Gasteiger partial charge in [0, 0.05) is 32.2 Å². The third-order valence-corrected chi connectivity index (χ3v) is 6.49. The Morgan fingerprint density at radius 1 is 1.10 bits per heavy atom. The molecule has 1 amide bonds. The number of nitrogens with zero attached hydrogens (tertiary/aromatic N) is 3. The van der Waals surface area contributed by atoms with Crippen LogP contribution in [0.15, 0.2) is 29.1 Å². The Hall–Kier alpha value is -2.12. The summed E-state index contributed by atoms with van der Waals surface area (Å²) in [7, 11) is 0. The summed E-state index contributed by atoms with van der Waals surface area (Å²) in [6.45, 7) is 6.64. The van der Waals surface area contributed by atoms with Crippen LogP contribution in [0.1, 0.15) is 39.0 Å². The summed E-state index contributed by atoms with van der Waals surface area (Å²) >= 11 is 0. The first-order chi connectivity index (χ1) is 14.1. The van der Waals surface area contributed by atoms with Crippen molar-refractivity contribution in [3.8, 4) is 0 Å². The van der Waals surface area contributed by atoms with Crippen molar-refractivity contribution in [2.45, 2.75) is 51.6 Å². The SMILES string of the molecule is C[C@@H](NC(=O)n1c(=O)n(CCN2CCOCC2)c2ccccc21)C1CCCCC1. The summed E-state index contributed by atoms with van der Waals surface area (Å²) in [5.74, 6) is 0.498. The van der Waals surface area contributed by atoms with Gasteiger partial charge in [0.2, 0.25) is 0 Å². The maximum absolute atomic E-state index is 13.2. The predicted octanol–water partition coefficient (Wildman–Crippen LogP) is 2.66. The number of amides is 1. The predicted molar refractivity (Wildman–Crippen MR) is 113 cm³/mol. The highest BCUT2D eigenvalue weighted by Gasteiger charge is 2.24. The van der Waals surface area contributed by atoms with E-state index in [4.69, 9.17) is 4.74 Å². The number of carbonyl (C=O) groups excluding carboxylic acids is 1. The van der Waals surface area contributed by atoms with Crippen molar-refractivity contribution < 1.29 is 9.53 Å². The second-order valence-corrected chi connectivity index (χ2v) is 8.35. The van der Waals surface area contributed by atoms with Gasteiger partial charge in [-0.1, -0.05) is 31.4 Å². The number of hydrogen-bond acceptors (Lipinski definition) is 4. The monoisotopic (exact) mass is 400 g/mol. The van der Waals surface area contributed by atoms with Gasteiger partial charge in [-0.2, -0.15) is 0 Å². The number of morpholine rings is 1. The molecule has 0 bridgehead atoms.